The smallest absolute Gasteiger partial charge is 0.322 e. The predicted octanol–water partition coefficient (Wildman–Crippen LogP) is 3.62. The third-order valence-electron chi connectivity index (χ3n) is 3.73. The lowest BCUT2D eigenvalue weighted by molar-refractivity contribution is 0.102. The Morgan fingerprint density at radius 1 is 1.07 bits per heavy atom. The number of anilines is 1. The number of nitrogens with one attached hydrogen (secondary N) is 1. The molecule has 2 heterocycles. The van der Waals surface area contributed by atoms with E-state index < -0.39 is 5.91 Å². The minimum Gasteiger partial charge on any atom is -0.497 e. The van der Waals surface area contributed by atoms with Crippen LogP contribution in [0.5, 0.6) is 11.5 Å². The monoisotopic (exact) mass is 382 g/mol. The van der Waals surface area contributed by atoms with Gasteiger partial charge in [0.05, 0.1) is 24.4 Å². The van der Waals surface area contributed by atoms with Crippen molar-refractivity contribution < 1.29 is 18.7 Å². The molecule has 4 aromatic rings. The van der Waals surface area contributed by atoms with E-state index in [0.717, 1.165) is 10.2 Å². The number of methoxy groups -OCH3 is 2. The van der Waals surface area contributed by atoms with Gasteiger partial charge in [-0.3, -0.25) is 10.1 Å². The van der Waals surface area contributed by atoms with Gasteiger partial charge in [-0.15, -0.1) is 16.4 Å². The number of nitrogens with zero attached hydrogens (tertiary/aromatic N) is 3. The lowest BCUT2D eigenvalue weighted by Crippen LogP contribution is -2.11. The fourth-order valence-electron chi connectivity index (χ4n) is 2.44. The molecule has 0 aliphatic carbocycles. The van der Waals surface area contributed by atoms with Crippen LogP contribution in [-0.4, -0.2) is 35.3 Å². The van der Waals surface area contributed by atoms with E-state index in [1.165, 1.54) is 11.3 Å². The van der Waals surface area contributed by atoms with Gasteiger partial charge in [-0.1, -0.05) is 17.2 Å². The number of ether oxygens (including phenoxy) is 2. The largest absolute Gasteiger partial charge is 0.497 e. The minimum absolute atomic E-state index is 0.0176. The van der Waals surface area contributed by atoms with E-state index in [1.807, 2.05) is 24.3 Å². The fraction of sp³-hybridized carbons (Fsp3) is 0.111. The molecule has 0 fully saturated rings. The number of hydrogen-bond acceptors (Lipinski definition) is 8. The minimum atomic E-state index is -0.408. The molecule has 4 rings (SSSR count). The average Bonchev–Trinajstić information content (AvgIpc) is 3.34. The number of para-hydroxylation sites is 1. The van der Waals surface area contributed by atoms with Gasteiger partial charge < -0.3 is 13.9 Å². The van der Waals surface area contributed by atoms with Crippen molar-refractivity contribution >= 4 is 33.5 Å². The zero-order valence-corrected chi connectivity index (χ0v) is 15.2. The molecule has 2 aromatic heterocycles. The zero-order chi connectivity index (χ0) is 18.8. The molecule has 27 heavy (non-hydrogen) atoms. The number of benzene rings is 2. The van der Waals surface area contributed by atoms with Crippen molar-refractivity contribution in [2.45, 2.75) is 0 Å². The van der Waals surface area contributed by atoms with Gasteiger partial charge in [-0.2, -0.15) is 0 Å². The second-order valence-corrected chi connectivity index (χ2v) is 6.49. The third-order valence-corrected chi connectivity index (χ3v) is 4.77. The SMILES string of the molecule is COc1cc(OC)cc(-c2nnc(NC(=O)c3nc4ccccc4s3)o2)c1. The number of fused-ring (bicyclic) bond motifs is 1. The summed E-state index contributed by atoms with van der Waals surface area (Å²) >= 11 is 1.29. The van der Waals surface area contributed by atoms with E-state index in [9.17, 15) is 4.79 Å². The maximum Gasteiger partial charge on any atom is 0.322 e. The molecular formula is C18H14N4O4S. The van der Waals surface area contributed by atoms with Crippen LogP contribution in [0.15, 0.2) is 46.9 Å². The Bertz CT molecular complexity index is 1070. The molecule has 2 aromatic carbocycles. The van der Waals surface area contributed by atoms with Gasteiger partial charge in [0, 0.05) is 11.6 Å². The normalized spacial score (nSPS) is 10.7. The first-order valence-corrected chi connectivity index (χ1v) is 8.72. The molecule has 0 saturated heterocycles. The number of aromatic nitrogens is 3. The van der Waals surface area contributed by atoms with Gasteiger partial charge in [-0.05, 0) is 24.3 Å². The second-order valence-electron chi connectivity index (χ2n) is 5.45. The number of carbonyl (C=O) groups is 1. The second kappa shape index (κ2) is 7.04. The fourth-order valence-corrected chi connectivity index (χ4v) is 3.30. The number of rotatable bonds is 5. The van der Waals surface area contributed by atoms with Crippen molar-refractivity contribution in [1.29, 1.82) is 0 Å². The van der Waals surface area contributed by atoms with Crippen molar-refractivity contribution in [3.8, 4) is 23.0 Å². The summed E-state index contributed by atoms with van der Waals surface area (Å²) in [5.41, 5.74) is 1.38. The number of thiazole rings is 1. The van der Waals surface area contributed by atoms with Crippen LogP contribution in [0.1, 0.15) is 9.80 Å². The van der Waals surface area contributed by atoms with E-state index in [2.05, 4.69) is 20.5 Å². The van der Waals surface area contributed by atoms with E-state index in [-0.39, 0.29) is 11.9 Å². The topological polar surface area (TPSA) is 99.4 Å². The molecule has 0 atom stereocenters. The molecular weight excluding hydrogens is 368 g/mol. The van der Waals surface area contributed by atoms with Crippen LogP contribution in [0.4, 0.5) is 6.01 Å². The number of hydrogen-bond donors (Lipinski definition) is 1. The number of amides is 1. The quantitative estimate of drug-likeness (QED) is 0.563. The third kappa shape index (κ3) is 3.44. The van der Waals surface area contributed by atoms with Gasteiger partial charge in [0.1, 0.15) is 11.5 Å². The zero-order valence-electron chi connectivity index (χ0n) is 14.4. The highest BCUT2D eigenvalue weighted by Gasteiger charge is 2.17. The first kappa shape index (κ1) is 17.0. The molecule has 1 N–H and O–H groups in total. The van der Waals surface area contributed by atoms with Crippen molar-refractivity contribution in [2.75, 3.05) is 19.5 Å². The van der Waals surface area contributed by atoms with E-state index >= 15 is 0 Å². The highest BCUT2D eigenvalue weighted by Crippen LogP contribution is 2.30. The van der Waals surface area contributed by atoms with Crippen LogP contribution in [0, 0.1) is 0 Å². The van der Waals surface area contributed by atoms with Crippen LogP contribution in [0.2, 0.25) is 0 Å². The van der Waals surface area contributed by atoms with Gasteiger partial charge in [0.2, 0.25) is 5.89 Å². The van der Waals surface area contributed by atoms with Crippen molar-refractivity contribution in [2.24, 2.45) is 0 Å². The summed E-state index contributed by atoms with van der Waals surface area (Å²) in [5.74, 6) is 0.992. The Kier molecular flexibility index (Phi) is 4.43. The summed E-state index contributed by atoms with van der Waals surface area (Å²) in [6, 6.07) is 12.7. The Balaban J connectivity index is 1.56. The molecule has 136 valence electrons. The summed E-state index contributed by atoms with van der Waals surface area (Å²) in [5, 5.41) is 10.7. The summed E-state index contributed by atoms with van der Waals surface area (Å²) < 4.78 is 16.9. The molecule has 0 spiro atoms. The van der Waals surface area contributed by atoms with E-state index in [1.54, 1.807) is 32.4 Å². The highest BCUT2D eigenvalue weighted by molar-refractivity contribution is 7.20. The van der Waals surface area contributed by atoms with Gasteiger partial charge >= 0.3 is 6.01 Å². The lowest BCUT2D eigenvalue weighted by Gasteiger charge is -2.05. The van der Waals surface area contributed by atoms with Crippen LogP contribution < -0.4 is 14.8 Å². The van der Waals surface area contributed by atoms with Gasteiger partial charge in [0.25, 0.3) is 5.91 Å². The average molecular weight is 382 g/mol. The Labute approximate surface area is 157 Å². The summed E-state index contributed by atoms with van der Waals surface area (Å²) in [4.78, 5) is 16.7. The standard InChI is InChI=1S/C18H14N4O4S/c1-24-11-7-10(8-12(9-11)25-2)16-21-22-18(26-16)20-15(23)17-19-13-5-3-4-6-14(13)27-17/h3-9H,1-2H3,(H,20,22,23). The maximum absolute atomic E-state index is 12.4. The molecule has 0 radical (unpaired) electrons. The lowest BCUT2D eigenvalue weighted by atomic mass is 10.2. The van der Waals surface area contributed by atoms with Crippen molar-refractivity contribution in [3.63, 3.8) is 0 Å². The Morgan fingerprint density at radius 3 is 2.52 bits per heavy atom. The van der Waals surface area contributed by atoms with Gasteiger partial charge in [0.15, 0.2) is 5.01 Å². The van der Waals surface area contributed by atoms with Crippen LogP contribution >= 0.6 is 11.3 Å². The highest BCUT2D eigenvalue weighted by atomic mass is 32.1. The number of carbonyl (C=O) groups excluding carboxylic acids is 1. The van der Waals surface area contributed by atoms with Crippen LogP contribution in [0.3, 0.4) is 0 Å². The molecule has 0 unspecified atom stereocenters. The van der Waals surface area contributed by atoms with Crippen LogP contribution in [-0.2, 0) is 0 Å². The van der Waals surface area contributed by atoms with Crippen molar-refractivity contribution in [3.05, 3.63) is 47.5 Å². The maximum atomic E-state index is 12.4. The first-order chi connectivity index (χ1) is 13.2. The van der Waals surface area contributed by atoms with E-state index in [0.29, 0.717) is 22.1 Å². The molecule has 9 heteroatoms. The molecule has 1 amide bonds. The van der Waals surface area contributed by atoms with E-state index in [4.69, 9.17) is 13.9 Å². The Morgan fingerprint density at radius 2 is 1.81 bits per heavy atom. The molecule has 8 nitrogen and oxygen atoms in total. The van der Waals surface area contributed by atoms with Gasteiger partial charge in [-0.25, -0.2) is 4.98 Å². The van der Waals surface area contributed by atoms with Crippen LogP contribution in [0.25, 0.3) is 21.7 Å². The van der Waals surface area contributed by atoms with Crippen molar-refractivity contribution in [1.82, 2.24) is 15.2 Å². The summed E-state index contributed by atoms with van der Waals surface area (Å²) in [7, 11) is 3.10. The molecule has 0 bridgehead atoms. The molecule has 0 aliphatic heterocycles. The summed E-state index contributed by atoms with van der Waals surface area (Å²) in [6.07, 6.45) is 0. The first-order valence-electron chi connectivity index (χ1n) is 7.90. The Hall–Kier alpha value is -3.46. The molecule has 0 saturated carbocycles. The predicted molar refractivity (Wildman–Crippen MR) is 100 cm³/mol. The molecule has 0 aliphatic rings. The summed E-state index contributed by atoms with van der Waals surface area (Å²) in [6.45, 7) is 0.